The summed E-state index contributed by atoms with van der Waals surface area (Å²) in [5, 5.41) is 0. The summed E-state index contributed by atoms with van der Waals surface area (Å²) in [4.78, 5) is 0. The molecule has 0 aromatic heterocycles. The molecule has 0 rings (SSSR count). The van der Waals surface area contributed by atoms with E-state index in [1.807, 2.05) is 0 Å². The summed E-state index contributed by atoms with van der Waals surface area (Å²) in [6.45, 7) is 0. The first-order valence-electron chi connectivity index (χ1n) is 1.53. The standard InChI is InChI=1S/2Ca.H2O7S3.4H/c;;1-8(2)6-10(5)7-9(3)4;;;;/h;;(H,1,2)(H,3,4);;;;/q2*+2;;4*-1. The van der Waals surface area contributed by atoms with Crippen LogP contribution in [0.3, 0.4) is 0 Å². The van der Waals surface area contributed by atoms with Crippen molar-refractivity contribution < 1.29 is 34.7 Å². The van der Waals surface area contributed by atoms with Gasteiger partial charge < -0.3 is 5.71 Å². The van der Waals surface area contributed by atoms with Crippen LogP contribution in [0.1, 0.15) is 5.71 Å². The minimum atomic E-state index is -2.78. The Kier molecular flexibility index (Phi) is 20.1. The van der Waals surface area contributed by atoms with Crippen LogP contribution in [0.25, 0.3) is 0 Å². The Morgan fingerprint density at radius 1 is 0.917 bits per heavy atom. The first kappa shape index (κ1) is 20.3. The van der Waals surface area contributed by atoms with Gasteiger partial charge in [-0.15, -0.1) is 7.26 Å². The van der Waals surface area contributed by atoms with Gasteiger partial charge in [0.25, 0.3) is 0 Å². The molecule has 2 atom stereocenters. The van der Waals surface area contributed by atoms with E-state index < -0.39 is 34.1 Å². The molecule has 2 N–H and O–H groups in total. The topological polar surface area (TPSA) is 110 Å². The molecule has 2 unspecified atom stereocenters. The molecule has 0 aromatic rings. The Hall–Kier alpha value is 2.81. The van der Waals surface area contributed by atoms with Gasteiger partial charge in [0.05, 0.1) is 0 Å². The van der Waals surface area contributed by atoms with Crippen molar-refractivity contribution in [3.05, 3.63) is 0 Å². The average Bonchev–Trinajstić information content (AvgIpc) is 1.58. The van der Waals surface area contributed by atoms with Gasteiger partial charge >= 0.3 is 110 Å². The molecule has 0 saturated heterocycles. The van der Waals surface area contributed by atoms with E-state index in [1.165, 1.54) is 0 Å². The zero-order valence-electron chi connectivity index (χ0n) is 9.57. The van der Waals surface area contributed by atoms with Crippen molar-refractivity contribution in [2.24, 2.45) is 0 Å². The SMILES string of the molecule is O=S(O)OS(=O)OS(=O)O.[Ca+2].[Ca+2].[H-].[H-].[H-].[H-]. The number of hydrogen-bond donors (Lipinski definition) is 2. The first-order chi connectivity index (χ1) is 4.52. The van der Waals surface area contributed by atoms with E-state index in [4.69, 9.17) is 9.11 Å². The third-order valence-electron chi connectivity index (χ3n) is 0.228. The summed E-state index contributed by atoms with van der Waals surface area (Å²) in [6.07, 6.45) is 0. The molecule has 0 aromatic carbocycles. The maximum Gasteiger partial charge on any atom is 2.00 e. The van der Waals surface area contributed by atoms with E-state index in [0.717, 1.165) is 0 Å². The predicted molar refractivity (Wildman–Crippen MR) is 47.8 cm³/mol. The molecular weight excluding hydrogens is 288 g/mol. The minimum absolute atomic E-state index is 0. The van der Waals surface area contributed by atoms with Crippen molar-refractivity contribution in [2.75, 3.05) is 0 Å². The second-order valence-corrected chi connectivity index (χ2v) is 3.14. The minimum Gasteiger partial charge on any atom is -1.00 e. The largest absolute Gasteiger partial charge is 2.00 e. The monoisotopic (exact) mass is 294 g/mol. The molecule has 0 aliphatic carbocycles. The van der Waals surface area contributed by atoms with Gasteiger partial charge in [-0.3, -0.25) is 9.11 Å². The second kappa shape index (κ2) is 11.9. The van der Waals surface area contributed by atoms with E-state index in [-0.39, 0.29) is 81.2 Å². The van der Waals surface area contributed by atoms with Crippen molar-refractivity contribution in [1.82, 2.24) is 0 Å². The molecule has 0 amide bonds. The van der Waals surface area contributed by atoms with Gasteiger partial charge in [0.15, 0.2) is 0 Å². The second-order valence-electron chi connectivity index (χ2n) is 0.774. The Labute approximate surface area is 142 Å². The summed E-state index contributed by atoms with van der Waals surface area (Å²) in [5.74, 6) is 0. The van der Waals surface area contributed by atoms with Crippen LogP contribution >= 0.6 is 0 Å². The maximum absolute atomic E-state index is 10.0. The number of rotatable bonds is 4. The first-order valence-corrected chi connectivity index (χ1v) is 4.60. The quantitative estimate of drug-likeness (QED) is 0.482. The van der Waals surface area contributed by atoms with E-state index in [1.54, 1.807) is 0 Å². The summed E-state index contributed by atoms with van der Waals surface area (Å²) >= 11 is -8.25. The fourth-order valence-electron chi connectivity index (χ4n) is 0.106. The Bertz CT molecular complexity index is 172. The molecule has 0 radical (unpaired) electrons. The molecule has 70 valence electrons. The normalized spacial score (nSPS) is 16.5. The molecule has 0 fully saturated rings. The van der Waals surface area contributed by atoms with Crippen molar-refractivity contribution in [1.29, 1.82) is 0 Å². The fraction of sp³-hybridized carbons (Fsp3) is 0. The van der Waals surface area contributed by atoms with Crippen LogP contribution in [0, 0.1) is 0 Å². The van der Waals surface area contributed by atoms with Crippen molar-refractivity contribution >= 4 is 110 Å². The smallest absolute Gasteiger partial charge is 1.00 e. The van der Waals surface area contributed by atoms with Crippen LogP contribution < -0.4 is 0 Å². The van der Waals surface area contributed by atoms with Crippen LogP contribution in [-0.2, 0) is 41.3 Å². The van der Waals surface area contributed by atoms with Crippen molar-refractivity contribution in [2.45, 2.75) is 0 Å². The predicted octanol–water partition coefficient (Wildman–Crippen LogP) is -1.44. The molecule has 0 aliphatic heterocycles. The van der Waals surface area contributed by atoms with E-state index in [2.05, 4.69) is 7.26 Å². The molecular formula is H6Ca2O7S3. The third-order valence-corrected chi connectivity index (χ3v) is 2.05. The van der Waals surface area contributed by atoms with Gasteiger partial charge in [-0.2, -0.15) is 12.6 Å². The van der Waals surface area contributed by atoms with Crippen LogP contribution in [0.2, 0.25) is 0 Å². The molecule has 12 heteroatoms. The van der Waals surface area contributed by atoms with E-state index in [9.17, 15) is 12.6 Å². The zero-order valence-corrected chi connectivity index (χ0v) is 12.4. The average molecular weight is 294 g/mol. The summed E-state index contributed by atoms with van der Waals surface area (Å²) < 4.78 is 51.9. The summed E-state index contributed by atoms with van der Waals surface area (Å²) in [6, 6.07) is 0. The van der Waals surface area contributed by atoms with Crippen LogP contribution in [0.4, 0.5) is 0 Å². The zero-order chi connectivity index (χ0) is 8.15. The summed E-state index contributed by atoms with van der Waals surface area (Å²) in [5.41, 5.74) is 0. The van der Waals surface area contributed by atoms with Gasteiger partial charge in [-0.05, 0) is 0 Å². The molecule has 0 heterocycles. The molecule has 7 nitrogen and oxygen atoms in total. The molecule has 0 aliphatic rings. The molecule has 12 heavy (non-hydrogen) atoms. The van der Waals surface area contributed by atoms with E-state index in [0.29, 0.717) is 0 Å². The van der Waals surface area contributed by atoms with Gasteiger partial charge in [-0.1, -0.05) is 0 Å². The van der Waals surface area contributed by atoms with Gasteiger partial charge in [-0.25, -0.2) is 0 Å². The molecule has 0 saturated carbocycles. The van der Waals surface area contributed by atoms with E-state index >= 15 is 0 Å². The van der Waals surface area contributed by atoms with Crippen LogP contribution in [0.15, 0.2) is 0 Å². The van der Waals surface area contributed by atoms with Gasteiger partial charge in [0.2, 0.25) is 0 Å². The van der Waals surface area contributed by atoms with Crippen LogP contribution in [0.5, 0.6) is 0 Å². The fourth-order valence-corrected chi connectivity index (χ4v) is 1.16. The molecule has 0 spiro atoms. The maximum atomic E-state index is 10.0. The Morgan fingerprint density at radius 2 is 1.17 bits per heavy atom. The Balaban J connectivity index is -0.0000000270. The van der Waals surface area contributed by atoms with Gasteiger partial charge in [0.1, 0.15) is 0 Å². The molecule has 0 bridgehead atoms. The van der Waals surface area contributed by atoms with Crippen molar-refractivity contribution in [3.63, 3.8) is 0 Å². The summed E-state index contributed by atoms with van der Waals surface area (Å²) in [7, 11) is 0. The third kappa shape index (κ3) is 15.3. The Morgan fingerprint density at radius 3 is 1.33 bits per heavy atom. The van der Waals surface area contributed by atoms with Gasteiger partial charge in [0, 0.05) is 0 Å². The van der Waals surface area contributed by atoms with Crippen molar-refractivity contribution in [3.8, 4) is 0 Å². The number of hydrogen-bond acceptors (Lipinski definition) is 5. The van der Waals surface area contributed by atoms with Crippen LogP contribution in [-0.4, -0.2) is 97.2 Å².